The van der Waals surface area contributed by atoms with Gasteiger partial charge in [0.1, 0.15) is 0 Å². The number of rotatable bonds is 4. The molecule has 0 radical (unpaired) electrons. The average Bonchev–Trinajstić information content (AvgIpc) is 3.20. The van der Waals surface area contributed by atoms with E-state index in [4.69, 9.17) is 5.26 Å². The maximum atomic E-state index is 8.90. The molecule has 4 rings (SSSR count). The van der Waals surface area contributed by atoms with Crippen LogP contribution in [0, 0.1) is 11.3 Å². The lowest BCUT2D eigenvalue weighted by Gasteiger charge is -2.31. The van der Waals surface area contributed by atoms with Gasteiger partial charge in [-0.15, -0.1) is 0 Å². The first-order valence-electron chi connectivity index (χ1n) is 9.79. The molecule has 0 amide bonds. The second-order valence-corrected chi connectivity index (χ2v) is 7.63. The molecule has 0 spiro atoms. The fourth-order valence-electron chi connectivity index (χ4n) is 4.23. The Hall–Kier alpha value is -2.16. The van der Waals surface area contributed by atoms with Crippen LogP contribution in [0.1, 0.15) is 60.0 Å². The molecule has 0 bridgehead atoms. The monoisotopic (exact) mass is 349 g/mol. The highest BCUT2D eigenvalue weighted by atomic mass is 15.1. The molecule has 1 aromatic heterocycles. The fourth-order valence-corrected chi connectivity index (χ4v) is 4.23. The van der Waals surface area contributed by atoms with Crippen molar-refractivity contribution in [1.29, 1.82) is 5.26 Å². The molecule has 3 heterocycles. The maximum absolute atomic E-state index is 8.90. The summed E-state index contributed by atoms with van der Waals surface area (Å²) in [7, 11) is 0. The van der Waals surface area contributed by atoms with Gasteiger partial charge in [-0.25, -0.2) is 0 Å². The summed E-state index contributed by atoms with van der Waals surface area (Å²) in [5, 5.41) is 20.3. The van der Waals surface area contributed by atoms with Crippen LogP contribution in [0.2, 0.25) is 0 Å². The summed E-state index contributed by atoms with van der Waals surface area (Å²) < 4.78 is 0. The van der Waals surface area contributed by atoms with Crippen molar-refractivity contribution >= 4 is 0 Å². The first kappa shape index (κ1) is 17.3. The van der Waals surface area contributed by atoms with Gasteiger partial charge in [-0.2, -0.15) is 10.4 Å². The van der Waals surface area contributed by atoms with Crippen LogP contribution in [0.25, 0.3) is 0 Å². The number of aromatic amines is 1. The molecule has 0 aliphatic carbocycles. The predicted octanol–water partition coefficient (Wildman–Crippen LogP) is 3.13. The van der Waals surface area contributed by atoms with E-state index in [0.29, 0.717) is 11.8 Å². The average molecular weight is 349 g/mol. The van der Waals surface area contributed by atoms with Crippen LogP contribution >= 0.6 is 0 Å². The fraction of sp³-hybridized carbons (Fsp3) is 0.524. The molecule has 5 heteroatoms. The Morgan fingerprint density at radius 1 is 1.04 bits per heavy atom. The van der Waals surface area contributed by atoms with Crippen LogP contribution in [0.5, 0.6) is 0 Å². The number of nitrogens with zero attached hydrogens (tertiary/aromatic N) is 3. The zero-order valence-corrected chi connectivity index (χ0v) is 15.2. The van der Waals surface area contributed by atoms with E-state index in [2.05, 4.69) is 44.7 Å². The van der Waals surface area contributed by atoms with Crippen LogP contribution in [-0.4, -0.2) is 41.3 Å². The molecule has 0 unspecified atom stereocenters. The standard InChI is InChI=1S/C21H27N5/c22-14-16-1-3-17(4-2-16)15-26-11-7-19(8-12-26)21-13-20(24-25-21)18-5-9-23-10-6-18/h1-4,13,18-19,23H,5-12,15H2,(H,24,25). The van der Waals surface area contributed by atoms with Gasteiger partial charge in [-0.3, -0.25) is 10.00 Å². The molecule has 2 N–H and O–H groups in total. The van der Waals surface area contributed by atoms with Crippen LogP contribution in [-0.2, 0) is 6.54 Å². The van der Waals surface area contributed by atoms with E-state index >= 15 is 0 Å². The Labute approximate surface area is 155 Å². The second-order valence-electron chi connectivity index (χ2n) is 7.63. The molecule has 2 aliphatic rings. The summed E-state index contributed by atoms with van der Waals surface area (Å²) in [6.45, 7) is 5.43. The van der Waals surface area contributed by atoms with Gasteiger partial charge in [0.25, 0.3) is 0 Å². The lowest BCUT2D eigenvalue weighted by atomic mass is 9.90. The van der Waals surface area contributed by atoms with Crippen LogP contribution in [0.15, 0.2) is 30.3 Å². The van der Waals surface area contributed by atoms with Crippen LogP contribution < -0.4 is 5.32 Å². The summed E-state index contributed by atoms with van der Waals surface area (Å²) in [5.74, 6) is 1.23. The van der Waals surface area contributed by atoms with E-state index in [0.717, 1.165) is 38.3 Å². The molecule has 2 aromatic rings. The minimum Gasteiger partial charge on any atom is -0.317 e. The van der Waals surface area contributed by atoms with E-state index in [1.807, 2.05) is 12.1 Å². The number of aromatic nitrogens is 2. The number of piperidine rings is 2. The van der Waals surface area contributed by atoms with E-state index in [-0.39, 0.29) is 0 Å². The third kappa shape index (κ3) is 3.98. The number of nitriles is 1. The summed E-state index contributed by atoms with van der Waals surface area (Å²) in [5.41, 5.74) is 4.62. The number of hydrogen-bond donors (Lipinski definition) is 2. The first-order chi connectivity index (χ1) is 12.8. The highest BCUT2D eigenvalue weighted by Crippen LogP contribution is 2.31. The summed E-state index contributed by atoms with van der Waals surface area (Å²) >= 11 is 0. The molecule has 2 saturated heterocycles. The zero-order valence-electron chi connectivity index (χ0n) is 15.2. The summed E-state index contributed by atoms with van der Waals surface area (Å²) in [4.78, 5) is 2.52. The maximum Gasteiger partial charge on any atom is 0.0991 e. The topological polar surface area (TPSA) is 67.7 Å². The quantitative estimate of drug-likeness (QED) is 0.890. The number of likely N-dealkylation sites (tertiary alicyclic amines) is 1. The smallest absolute Gasteiger partial charge is 0.0991 e. The molecule has 1 aromatic carbocycles. The van der Waals surface area contributed by atoms with Gasteiger partial charge in [-0.05, 0) is 75.6 Å². The number of benzene rings is 1. The molecule has 136 valence electrons. The van der Waals surface area contributed by atoms with Crippen molar-refractivity contribution in [2.75, 3.05) is 26.2 Å². The van der Waals surface area contributed by atoms with Crippen molar-refractivity contribution < 1.29 is 0 Å². The van der Waals surface area contributed by atoms with Gasteiger partial charge in [0.2, 0.25) is 0 Å². The minimum absolute atomic E-state index is 0.607. The van der Waals surface area contributed by atoms with Crippen molar-refractivity contribution in [2.45, 2.75) is 44.1 Å². The van der Waals surface area contributed by atoms with Crippen molar-refractivity contribution in [1.82, 2.24) is 20.4 Å². The highest BCUT2D eigenvalue weighted by Gasteiger charge is 2.24. The number of nitrogens with one attached hydrogen (secondary N) is 2. The zero-order chi connectivity index (χ0) is 17.8. The molecule has 0 atom stereocenters. The molecule has 2 fully saturated rings. The van der Waals surface area contributed by atoms with E-state index in [1.54, 1.807) is 0 Å². The SMILES string of the molecule is N#Cc1ccc(CN2CCC(c3cc(C4CCNCC4)n[nH]3)CC2)cc1. The molecular formula is C21H27N5. The largest absolute Gasteiger partial charge is 0.317 e. The Balaban J connectivity index is 1.30. The molecule has 0 saturated carbocycles. The van der Waals surface area contributed by atoms with Gasteiger partial charge in [0.15, 0.2) is 0 Å². The summed E-state index contributed by atoms with van der Waals surface area (Å²) in [6, 6.07) is 12.5. The molecule has 5 nitrogen and oxygen atoms in total. The van der Waals surface area contributed by atoms with E-state index < -0.39 is 0 Å². The Morgan fingerprint density at radius 3 is 2.46 bits per heavy atom. The Morgan fingerprint density at radius 2 is 1.77 bits per heavy atom. The van der Waals surface area contributed by atoms with Crippen molar-refractivity contribution in [2.24, 2.45) is 0 Å². The lowest BCUT2D eigenvalue weighted by Crippen LogP contribution is -2.32. The third-order valence-corrected chi connectivity index (χ3v) is 5.89. The molecular weight excluding hydrogens is 322 g/mol. The van der Waals surface area contributed by atoms with Gasteiger partial charge < -0.3 is 5.32 Å². The van der Waals surface area contributed by atoms with Crippen LogP contribution in [0.4, 0.5) is 0 Å². The Bertz CT molecular complexity index is 743. The van der Waals surface area contributed by atoms with Crippen molar-refractivity contribution in [3.05, 3.63) is 52.8 Å². The normalized spacial score (nSPS) is 20.1. The van der Waals surface area contributed by atoms with E-state index in [1.165, 1.54) is 42.6 Å². The third-order valence-electron chi connectivity index (χ3n) is 5.89. The highest BCUT2D eigenvalue weighted by molar-refractivity contribution is 5.31. The van der Waals surface area contributed by atoms with Gasteiger partial charge in [0, 0.05) is 24.1 Å². The first-order valence-corrected chi connectivity index (χ1v) is 9.79. The van der Waals surface area contributed by atoms with Gasteiger partial charge in [-0.1, -0.05) is 12.1 Å². The summed E-state index contributed by atoms with van der Waals surface area (Å²) in [6.07, 6.45) is 4.77. The van der Waals surface area contributed by atoms with Crippen molar-refractivity contribution in [3.63, 3.8) is 0 Å². The number of H-pyrrole nitrogens is 1. The van der Waals surface area contributed by atoms with Crippen LogP contribution in [0.3, 0.4) is 0 Å². The predicted molar refractivity (Wildman–Crippen MR) is 102 cm³/mol. The second kappa shape index (κ2) is 8.03. The van der Waals surface area contributed by atoms with Gasteiger partial charge in [0.05, 0.1) is 17.3 Å². The molecule has 26 heavy (non-hydrogen) atoms. The van der Waals surface area contributed by atoms with Gasteiger partial charge >= 0.3 is 0 Å². The minimum atomic E-state index is 0.607. The lowest BCUT2D eigenvalue weighted by molar-refractivity contribution is 0.203. The van der Waals surface area contributed by atoms with Crippen molar-refractivity contribution in [3.8, 4) is 6.07 Å². The molecule has 2 aliphatic heterocycles. The Kier molecular flexibility index (Phi) is 5.33. The van der Waals surface area contributed by atoms with E-state index in [9.17, 15) is 0 Å². The number of hydrogen-bond acceptors (Lipinski definition) is 4.